The predicted molar refractivity (Wildman–Crippen MR) is 40.2 cm³/mol. The van der Waals surface area contributed by atoms with Crippen LogP contribution < -0.4 is 31.0 Å². The fourth-order valence-corrected chi connectivity index (χ4v) is 1.28. The molecule has 0 aliphatic carbocycles. The Morgan fingerprint density at radius 1 is 1.27 bits per heavy atom. The molecule has 1 aromatic carbocycles. The third-order valence-electron chi connectivity index (χ3n) is 1.08. The molecule has 1 rings (SSSR count). The van der Waals surface area contributed by atoms with E-state index in [1.807, 2.05) is 30.3 Å². The van der Waals surface area contributed by atoms with Gasteiger partial charge in [0.1, 0.15) is 0 Å². The molecular weight excluding hydrogens is 255 g/mol. The third kappa shape index (κ3) is 3.54. The molecule has 0 fully saturated rings. The fraction of sp³-hybridized carbons (Fsp3) is 0.143. The summed E-state index contributed by atoms with van der Waals surface area (Å²) in [5, 5.41) is 0. The van der Waals surface area contributed by atoms with Crippen molar-refractivity contribution in [1.29, 1.82) is 0 Å². The standard InChI is InChI=1S/C7H10IN2O/c1-11-8-10-9-7-5-3-2-4-6-7/h2-6,9-10H,1H3/q-1. The molecule has 1 aromatic rings. The van der Waals surface area contributed by atoms with Crippen LogP contribution in [0.2, 0.25) is 0 Å². The Bertz CT molecular complexity index is 193. The normalized spacial score (nSPS) is 9.91. The minimum absolute atomic E-state index is 0.359. The Hall–Kier alpha value is -0.330. The van der Waals surface area contributed by atoms with Crippen LogP contribution in [0.25, 0.3) is 0 Å². The van der Waals surface area contributed by atoms with Crippen LogP contribution in [0, 0.1) is 0 Å². The van der Waals surface area contributed by atoms with Gasteiger partial charge in [-0.05, 0) is 0 Å². The number of hydrogen-bond acceptors (Lipinski definition) is 3. The monoisotopic (exact) mass is 265 g/mol. The van der Waals surface area contributed by atoms with Gasteiger partial charge in [-0.15, -0.1) is 0 Å². The van der Waals surface area contributed by atoms with E-state index in [2.05, 4.69) is 9.06 Å². The number of hydrogen-bond donors (Lipinski definition) is 2. The quantitative estimate of drug-likeness (QED) is 0.291. The van der Waals surface area contributed by atoms with Crippen LogP contribution in [-0.2, 0) is 3.07 Å². The number of hydrazine groups is 1. The topological polar surface area (TPSA) is 33.3 Å². The molecule has 3 nitrogen and oxygen atoms in total. The zero-order valence-corrected chi connectivity index (χ0v) is 8.33. The van der Waals surface area contributed by atoms with Gasteiger partial charge in [0.05, 0.1) is 0 Å². The molecule has 0 unspecified atom stereocenters. The summed E-state index contributed by atoms with van der Waals surface area (Å²) in [6, 6.07) is 9.93. The fourth-order valence-electron chi connectivity index (χ4n) is 0.634. The second kappa shape index (κ2) is 5.34. The van der Waals surface area contributed by atoms with Crippen molar-refractivity contribution in [3.8, 4) is 0 Å². The Morgan fingerprint density at radius 2 is 2.00 bits per heavy atom. The molecule has 0 saturated heterocycles. The van der Waals surface area contributed by atoms with Crippen molar-refractivity contribution in [2.45, 2.75) is 0 Å². The molecule has 0 aliphatic heterocycles. The first-order valence-corrected chi connectivity index (χ1v) is 5.12. The summed E-state index contributed by atoms with van der Waals surface area (Å²) < 4.78 is 7.89. The molecule has 62 valence electrons. The molecule has 0 atom stereocenters. The molecule has 0 bridgehead atoms. The van der Waals surface area contributed by atoms with Crippen molar-refractivity contribution >= 4 is 5.69 Å². The van der Waals surface area contributed by atoms with E-state index in [0.717, 1.165) is 5.69 Å². The average Bonchev–Trinajstić information content (AvgIpc) is 2.07. The number of para-hydroxylation sites is 1. The van der Waals surface area contributed by atoms with Crippen LogP contribution in [0.5, 0.6) is 0 Å². The molecule has 0 amide bonds. The van der Waals surface area contributed by atoms with E-state index in [1.165, 1.54) is 0 Å². The van der Waals surface area contributed by atoms with Crippen LogP contribution in [0.3, 0.4) is 0 Å². The van der Waals surface area contributed by atoms with E-state index in [1.54, 1.807) is 7.11 Å². The number of nitrogens with one attached hydrogen (secondary N) is 2. The summed E-state index contributed by atoms with van der Waals surface area (Å²) in [5.74, 6) is 0. The molecule has 0 spiro atoms. The van der Waals surface area contributed by atoms with Gasteiger partial charge in [0.25, 0.3) is 0 Å². The Kier molecular flexibility index (Phi) is 4.25. The number of halogens is 1. The van der Waals surface area contributed by atoms with Crippen LogP contribution in [0.4, 0.5) is 5.69 Å². The summed E-state index contributed by atoms with van der Waals surface area (Å²) in [4.78, 5) is 0. The van der Waals surface area contributed by atoms with Gasteiger partial charge in [-0.2, -0.15) is 0 Å². The van der Waals surface area contributed by atoms with E-state index >= 15 is 0 Å². The van der Waals surface area contributed by atoms with Crippen molar-refractivity contribution < 1.29 is 25.0 Å². The van der Waals surface area contributed by atoms with Gasteiger partial charge < -0.3 is 0 Å². The van der Waals surface area contributed by atoms with Gasteiger partial charge in [-0.3, -0.25) is 0 Å². The molecule has 0 heterocycles. The average molecular weight is 265 g/mol. The van der Waals surface area contributed by atoms with Gasteiger partial charge in [0, 0.05) is 0 Å². The van der Waals surface area contributed by atoms with E-state index in [4.69, 9.17) is 3.07 Å². The van der Waals surface area contributed by atoms with E-state index in [0.29, 0.717) is 0 Å². The molecule has 0 radical (unpaired) electrons. The van der Waals surface area contributed by atoms with Gasteiger partial charge in [-0.25, -0.2) is 0 Å². The molecule has 11 heavy (non-hydrogen) atoms. The summed E-state index contributed by atoms with van der Waals surface area (Å²) in [6.45, 7) is 0. The Balaban J connectivity index is 2.28. The Morgan fingerprint density at radius 3 is 2.64 bits per heavy atom. The minimum atomic E-state index is -0.359. The first-order chi connectivity index (χ1) is 5.43. The van der Waals surface area contributed by atoms with Crippen molar-refractivity contribution in [1.82, 2.24) is 3.64 Å². The number of benzene rings is 1. The summed E-state index contributed by atoms with van der Waals surface area (Å²) in [7, 11) is 1.69. The van der Waals surface area contributed by atoms with Gasteiger partial charge in [-0.1, -0.05) is 0 Å². The summed E-state index contributed by atoms with van der Waals surface area (Å²) >= 11 is -0.359. The van der Waals surface area contributed by atoms with E-state index in [9.17, 15) is 0 Å². The second-order valence-electron chi connectivity index (χ2n) is 1.82. The van der Waals surface area contributed by atoms with Crippen molar-refractivity contribution in [2.75, 3.05) is 12.5 Å². The third-order valence-corrected chi connectivity index (χ3v) is 2.01. The molecular formula is C7H10IN2O-. The zero-order chi connectivity index (χ0) is 7.94. The number of anilines is 1. The zero-order valence-electron chi connectivity index (χ0n) is 6.17. The van der Waals surface area contributed by atoms with Crippen LogP contribution in [-0.4, -0.2) is 7.11 Å². The maximum atomic E-state index is 4.90. The van der Waals surface area contributed by atoms with Crippen molar-refractivity contribution in [3.63, 3.8) is 0 Å². The molecule has 0 aliphatic rings. The van der Waals surface area contributed by atoms with E-state index < -0.39 is 0 Å². The SMILES string of the molecule is CO[I-]NNc1ccccc1. The summed E-state index contributed by atoms with van der Waals surface area (Å²) in [6.07, 6.45) is 0. The summed E-state index contributed by atoms with van der Waals surface area (Å²) in [5.41, 5.74) is 4.08. The van der Waals surface area contributed by atoms with Gasteiger partial charge in [0.2, 0.25) is 0 Å². The predicted octanol–water partition coefficient (Wildman–Crippen LogP) is -1.83. The van der Waals surface area contributed by atoms with E-state index in [-0.39, 0.29) is 21.9 Å². The molecule has 4 heteroatoms. The first-order valence-electron chi connectivity index (χ1n) is 3.16. The first kappa shape index (κ1) is 8.76. The second-order valence-corrected chi connectivity index (χ2v) is 3.68. The molecule has 2 N–H and O–H groups in total. The van der Waals surface area contributed by atoms with Gasteiger partial charge >= 0.3 is 77.2 Å². The van der Waals surface area contributed by atoms with Crippen molar-refractivity contribution in [3.05, 3.63) is 30.3 Å². The van der Waals surface area contributed by atoms with Crippen molar-refractivity contribution in [2.24, 2.45) is 0 Å². The van der Waals surface area contributed by atoms with Crippen LogP contribution in [0.1, 0.15) is 0 Å². The Labute approximate surface area is 77.3 Å². The van der Waals surface area contributed by atoms with Crippen LogP contribution >= 0.6 is 0 Å². The number of rotatable bonds is 4. The molecule has 0 saturated carbocycles. The van der Waals surface area contributed by atoms with Crippen LogP contribution in [0.15, 0.2) is 30.3 Å². The molecule has 0 aromatic heterocycles. The maximum absolute atomic E-state index is 4.90. The van der Waals surface area contributed by atoms with Gasteiger partial charge in [0.15, 0.2) is 0 Å².